The van der Waals surface area contributed by atoms with Crippen molar-refractivity contribution in [3.05, 3.63) is 28.2 Å². The molecule has 0 radical (unpaired) electrons. The van der Waals surface area contributed by atoms with Gasteiger partial charge in [0, 0.05) is 27.2 Å². The fourth-order valence-corrected chi connectivity index (χ4v) is 3.60. The van der Waals surface area contributed by atoms with Gasteiger partial charge in [0.05, 0.1) is 5.02 Å². The molecule has 0 aliphatic heterocycles. The van der Waals surface area contributed by atoms with Crippen LogP contribution in [0, 0.1) is 0 Å². The third-order valence-corrected chi connectivity index (χ3v) is 5.07. The largest absolute Gasteiger partial charge is 0.480 e. The van der Waals surface area contributed by atoms with Gasteiger partial charge >= 0.3 is 5.97 Å². The van der Waals surface area contributed by atoms with E-state index in [1.807, 2.05) is 6.07 Å². The third-order valence-electron chi connectivity index (χ3n) is 1.99. The summed E-state index contributed by atoms with van der Waals surface area (Å²) in [5.41, 5.74) is 5.39. The second-order valence-corrected chi connectivity index (χ2v) is 6.57. The molecule has 0 aliphatic carbocycles. The van der Waals surface area contributed by atoms with Crippen molar-refractivity contribution in [1.29, 1.82) is 0 Å². The molecule has 0 saturated heterocycles. The zero-order chi connectivity index (χ0) is 13.5. The maximum absolute atomic E-state index is 10.5. The molecule has 1 atom stereocenters. The van der Waals surface area contributed by atoms with Gasteiger partial charge in [0.1, 0.15) is 6.04 Å². The summed E-state index contributed by atoms with van der Waals surface area (Å²) in [6.07, 6.45) is 0. The average molecular weight is 326 g/mol. The molecular formula is C11H13Cl2NO2S2. The molecule has 0 saturated carbocycles. The first-order valence-electron chi connectivity index (χ1n) is 5.14. The Kier molecular flexibility index (Phi) is 7.26. The van der Waals surface area contributed by atoms with Crippen LogP contribution in [0.2, 0.25) is 10.0 Å². The Bertz CT molecular complexity index is 418. The summed E-state index contributed by atoms with van der Waals surface area (Å²) in [7, 11) is 0. The number of carboxylic acids is 1. The fourth-order valence-electron chi connectivity index (χ4n) is 1.08. The van der Waals surface area contributed by atoms with Crippen molar-refractivity contribution in [3.8, 4) is 0 Å². The van der Waals surface area contributed by atoms with E-state index in [1.54, 1.807) is 23.9 Å². The molecular weight excluding hydrogens is 313 g/mol. The third kappa shape index (κ3) is 5.71. The van der Waals surface area contributed by atoms with Crippen molar-refractivity contribution in [2.24, 2.45) is 5.73 Å². The summed E-state index contributed by atoms with van der Waals surface area (Å²) in [6.45, 7) is 0. The lowest BCUT2D eigenvalue weighted by Gasteiger charge is -2.07. The number of hydrogen-bond acceptors (Lipinski definition) is 4. The molecule has 0 amide bonds. The number of benzene rings is 1. The Labute approximate surface area is 124 Å². The van der Waals surface area contributed by atoms with Gasteiger partial charge in [-0.2, -0.15) is 11.8 Å². The molecule has 1 aromatic rings. The van der Waals surface area contributed by atoms with Gasteiger partial charge in [0.25, 0.3) is 0 Å². The predicted octanol–water partition coefficient (Wildman–Crippen LogP) is 3.23. The van der Waals surface area contributed by atoms with Gasteiger partial charge in [0.2, 0.25) is 0 Å². The Balaban J connectivity index is 2.26. The van der Waals surface area contributed by atoms with Gasteiger partial charge in [-0.1, -0.05) is 23.2 Å². The lowest BCUT2D eigenvalue weighted by molar-refractivity contribution is -0.137. The lowest BCUT2D eigenvalue weighted by atomic mass is 10.4. The van der Waals surface area contributed by atoms with Crippen LogP contribution in [0.4, 0.5) is 0 Å². The van der Waals surface area contributed by atoms with E-state index in [0.29, 0.717) is 15.8 Å². The zero-order valence-electron chi connectivity index (χ0n) is 9.44. The number of nitrogens with two attached hydrogens (primary N) is 1. The van der Waals surface area contributed by atoms with Crippen LogP contribution >= 0.6 is 46.7 Å². The van der Waals surface area contributed by atoms with Crippen molar-refractivity contribution < 1.29 is 9.90 Å². The maximum Gasteiger partial charge on any atom is 0.321 e. The SMILES string of the molecule is N[C@@H](CSCCSc1cc(Cl)ccc1Cl)C(=O)O. The number of thioether (sulfide) groups is 2. The first-order valence-corrected chi connectivity index (χ1v) is 8.04. The number of halogens is 2. The Morgan fingerprint density at radius 1 is 1.39 bits per heavy atom. The fraction of sp³-hybridized carbons (Fsp3) is 0.364. The number of hydrogen-bond donors (Lipinski definition) is 2. The van der Waals surface area contributed by atoms with Gasteiger partial charge in [-0.05, 0) is 18.2 Å². The summed E-state index contributed by atoms with van der Waals surface area (Å²) < 4.78 is 0. The van der Waals surface area contributed by atoms with E-state index in [9.17, 15) is 4.79 Å². The molecule has 3 nitrogen and oxygen atoms in total. The molecule has 100 valence electrons. The van der Waals surface area contributed by atoms with E-state index in [-0.39, 0.29) is 0 Å². The summed E-state index contributed by atoms with van der Waals surface area (Å²) in [5, 5.41) is 9.94. The second kappa shape index (κ2) is 8.17. The first kappa shape index (κ1) is 16.0. The van der Waals surface area contributed by atoms with Gasteiger partial charge in [-0.25, -0.2) is 0 Å². The maximum atomic E-state index is 10.5. The highest BCUT2D eigenvalue weighted by Crippen LogP contribution is 2.30. The van der Waals surface area contributed by atoms with E-state index < -0.39 is 12.0 Å². The molecule has 0 aromatic heterocycles. The molecule has 7 heteroatoms. The summed E-state index contributed by atoms with van der Waals surface area (Å²) in [4.78, 5) is 11.4. The van der Waals surface area contributed by atoms with Crippen molar-refractivity contribution >= 4 is 52.7 Å². The van der Waals surface area contributed by atoms with Crippen molar-refractivity contribution in [2.45, 2.75) is 10.9 Å². The Morgan fingerprint density at radius 3 is 2.78 bits per heavy atom. The van der Waals surface area contributed by atoms with E-state index in [2.05, 4.69) is 0 Å². The highest BCUT2D eigenvalue weighted by molar-refractivity contribution is 8.03. The van der Waals surface area contributed by atoms with Crippen LogP contribution in [-0.4, -0.2) is 34.4 Å². The molecule has 0 unspecified atom stereocenters. The normalized spacial score (nSPS) is 12.4. The lowest BCUT2D eigenvalue weighted by Crippen LogP contribution is -2.32. The van der Waals surface area contributed by atoms with E-state index in [4.69, 9.17) is 34.0 Å². The first-order chi connectivity index (χ1) is 8.50. The highest BCUT2D eigenvalue weighted by Gasteiger charge is 2.10. The van der Waals surface area contributed by atoms with Crippen LogP contribution < -0.4 is 5.73 Å². The summed E-state index contributed by atoms with van der Waals surface area (Å²) in [6, 6.07) is 4.53. The minimum atomic E-state index is -0.965. The van der Waals surface area contributed by atoms with E-state index >= 15 is 0 Å². The summed E-state index contributed by atoms with van der Waals surface area (Å²) >= 11 is 15.0. The van der Waals surface area contributed by atoms with Gasteiger partial charge in [0.15, 0.2) is 0 Å². The number of aliphatic carboxylic acids is 1. The van der Waals surface area contributed by atoms with Gasteiger partial charge in [-0.15, -0.1) is 11.8 Å². The molecule has 1 aromatic carbocycles. The quantitative estimate of drug-likeness (QED) is 0.595. The van der Waals surface area contributed by atoms with Crippen LogP contribution in [-0.2, 0) is 4.79 Å². The highest BCUT2D eigenvalue weighted by atomic mass is 35.5. The van der Waals surface area contributed by atoms with Crippen LogP contribution in [0.1, 0.15) is 0 Å². The standard InChI is InChI=1S/C11H13Cl2NO2S2/c12-7-1-2-8(13)10(5-7)18-4-3-17-6-9(14)11(15)16/h1-2,5,9H,3-4,6,14H2,(H,15,16)/t9-/m0/s1. The van der Waals surface area contributed by atoms with Crippen LogP contribution in [0.25, 0.3) is 0 Å². The van der Waals surface area contributed by atoms with Crippen molar-refractivity contribution in [3.63, 3.8) is 0 Å². The second-order valence-electron chi connectivity index (χ2n) is 3.44. The van der Waals surface area contributed by atoms with Gasteiger partial charge in [-0.3, -0.25) is 4.79 Å². The topological polar surface area (TPSA) is 63.3 Å². The smallest absolute Gasteiger partial charge is 0.321 e. The Hall–Kier alpha value is -0.0700. The molecule has 1 rings (SSSR count). The monoisotopic (exact) mass is 325 g/mol. The molecule has 0 bridgehead atoms. The summed E-state index contributed by atoms with van der Waals surface area (Å²) in [5.74, 6) is 1.10. The minimum absolute atomic E-state index is 0.416. The molecule has 0 heterocycles. The van der Waals surface area contributed by atoms with Crippen LogP contribution in [0.3, 0.4) is 0 Å². The predicted molar refractivity (Wildman–Crippen MR) is 80.1 cm³/mol. The van der Waals surface area contributed by atoms with Gasteiger partial charge < -0.3 is 10.8 Å². The molecule has 18 heavy (non-hydrogen) atoms. The van der Waals surface area contributed by atoms with Crippen molar-refractivity contribution in [2.75, 3.05) is 17.3 Å². The zero-order valence-corrected chi connectivity index (χ0v) is 12.6. The number of carboxylic acid groups (broad SMARTS) is 1. The molecule has 3 N–H and O–H groups in total. The Morgan fingerprint density at radius 2 is 2.11 bits per heavy atom. The molecule has 0 fully saturated rings. The average Bonchev–Trinajstić information content (AvgIpc) is 2.32. The minimum Gasteiger partial charge on any atom is -0.480 e. The molecule has 0 spiro atoms. The number of rotatable bonds is 7. The van der Waals surface area contributed by atoms with E-state index in [1.165, 1.54) is 11.8 Å². The molecule has 0 aliphatic rings. The van der Waals surface area contributed by atoms with Crippen LogP contribution in [0.5, 0.6) is 0 Å². The van der Waals surface area contributed by atoms with Crippen molar-refractivity contribution in [1.82, 2.24) is 0 Å². The van der Waals surface area contributed by atoms with Crippen LogP contribution in [0.15, 0.2) is 23.1 Å². The number of carbonyl (C=O) groups is 1. The van der Waals surface area contributed by atoms with E-state index in [0.717, 1.165) is 16.4 Å².